The number of pyridine rings is 1. The highest BCUT2D eigenvalue weighted by Crippen LogP contribution is 2.54. The maximum Gasteiger partial charge on any atom is 0.267 e. The maximum absolute atomic E-state index is 15.0. The molecule has 2 aliphatic heterocycles. The lowest BCUT2D eigenvalue weighted by Gasteiger charge is -2.46. The van der Waals surface area contributed by atoms with Gasteiger partial charge in [0, 0.05) is 49.0 Å². The standard InChI is InChI=1S/C35H52FN5O2/c36-28-12-13-32-35(22-28,27-10-5-3-1-2-4-6-11-27)23-31(40-32)34(43)41-19-15-25(16-20-41)9-7-8-17-38-33(42)30-21-26-24-37-18-14-29(26)39-30/h14,18,21,24-25,27-28,31-32,39-40H,1-13,15-17,19-20,22-23H2,(H,38,42). The van der Waals surface area contributed by atoms with Crippen molar-refractivity contribution in [1.82, 2.24) is 25.5 Å². The lowest BCUT2D eigenvalue weighted by Crippen LogP contribution is -2.49. The van der Waals surface area contributed by atoms with Gasteiger partial charge in [0.25, 0.3) is 5.91 Å². The van der Waals surface area contributed by atoms with Gasteiger partial charge in [-0.3, -0.25) is 14.6 Å². The third kappa shape index (κ3) is 7.10. The quantitative estimate of drug-likeness (QED) is 0.298. The van der Waals surface area contributed by atoms with E-state index in [0.717, 1.165) is 68.9 Å². The summed E-state index contributed by atoms with van der Waals surface area (Å²) in [5, 5.41) is 7.77. The fourth-order valence-corrected chi connectivity index (χ4v) is 9.04. The summed E-state index contributed by atoms with van der Waals surface area (Å²) in [5.74, 6) is 1.38. The number of hydrogen-bond acceptors (Lipinski definition) is 4. The first-order valence-electron chi connectivity index (χ1n) is 17.4. The number of piperidine rings is 1. The van der Waals surface area contributed by atoms with Crippen molar-refractivity contribution in [2.75, 3.05) is 19.6 Å². The zero-order chi connectivity index (χ0) is 29.6. The van der Waals surface area contributed by atoms with Gasteiger partial charge in [0.1, 0.15) is 11.9 Å². The smallest absolute Gasteiger partial charge is 0.267 e. The molecule has 0 aromatic carbocycles. The number of nitrogens with one attached hydrogen (secondary N) is 3. The monoisotopic (exact) mass is 593 g/mol. The number of H-pyrrole nitrogens is 1. The molecule has 4 unspecified atom stereocenters. The van der Waals surface area contributed by atoms with Gasteiger partial charge in [-0.2, -0.15) is 0 Å². The Balaban J connectivity index is 0.940. The Labute approximate surface area is 256 Å². The van der Waals surface area contributed by atoms with E-state index in [1.807, 2.05) is 12.1 Å². The fraction of sp³-hybridized carbons (Fsp3) is 0.743. The molecule has 236 valence electrons. The van der Waals surface area contributed by atoms with Gasteiger partial charge in [-0.05, 0) is 87.2 Å². The minimum atomic E-state index is -0.713. The van der Waals surface area contributed by atoms with Gasteiger partial charge in [-0.1, -0.05) is 51.4 Å². The molecule has 3 N–H and O–H groups in total. The Morgan fingerprint density at radius 2 is 1.74 bits per heavy atom. The number of hydrogen-bond donors (Lipinski definition) is 3. The third-order valence-corrected chi connectivity index (χ3v) is 11.4. The van der Waals surface area contributed by atoms with Crippen LogP contribution in [0.3, 0.4) is 0 Å². The number of alkyl halides is 1. The summed E-state index contributed by atoms with van der Waals surface area (Å²) in [6, 6.07) is 3.87. The van der Waals surface area contributed by atoms with Gasteiger partial charge in [-0.25, -0.2) is 4.39 Å². The second-order valence-corrected chi connectivity index (χ2v) is 14.1. The number of carbonyl (C=O) groups is 2. The second-order valence-electron chi connectivity index (χ2n) is 14.1. The van der Waals surface area contributed by atoms with Crippen molar-refractivity contribution in [3.05, 3.63) is 30.2 Å². The number of nitrogens with zero attached hydrogens (tertiary/aromatic N) is 2. The van der Waals surface area contributed by atoms with Crippen molar-refractivity contribution in [2.45, 2.75) is 127 Å². The van der Waals surface area contributed by atoms with E-state index >= 15 is 0 Å². The van der Waals surface area contributed by atoms with Crippen LogP contribution in [0.4, 0.5) is 4.39 Å². The van der Waals surface area contributed by atoms with Crippen LogP contribution in [0.1, 0.15) is 120 Å². The summed E-state index contributed by atoms with van der Waals surface area (Å²) >= 11 is 0. The third-order valence-electron chi connectivity index (χ3n) is 11.4. The first-order valence-corrected chi connectivity index (χ1v) is 17.4. The van der Waals surface area contributed by atoms with E-state index in [0.29, 0.717) is 43.0 Å². The lowest BCUT2D eigenvalue weighted by molar-refractivity contribution is -0.134. The molecule has 2 aliphatic carbocycles. The molecule has 2 aromatic heterocycles. The topological polar surface area (TPSA) is 90.1 Å². The number of aromatic amines is 1. The molecule has 2 amide bonds. The minimum Gasteiger partial charge on any atom is -0.351 e. The molecule has 0 bridgehead atoms. The number of unbranched alkanes of at least 4 members (excludes halogenated alkanes) is 1. The summed E-state index contributed by atoms with van der Waals surface area (Å²) < 4.78 is 15.0. The number of likely N-dealkylation sites (tertiary alicyclic amines) is 1. The van der Waals surface area contributed by atoms with E-state index < -0.39 is 6.17 Å². The van der Waals surface area contributed by atoms with E-state index in [-0.39, 0.29) is 23.3 Å². The van der Waals surface area contributed by atoms with Gasteiger partial charge in [0.2, 0.25) is 5.91 Å². The van der Waals surface area contributed by atoms with Gasteiger partial charge < -0.3 is 20.5 Å². The Bertz CT molecular complexity index is 1180. The Hall–Kier alpha value is -2.48. The normalized spacial score (nSPS) is 29.5. The van der Waals surface area contributed by atoms with Crippen LogP contribution in [0.2, 0.25) is 0 Å². The lowest BCUT2D eigenvalue weighted by atomic mass is 9.60. The maximum atomic E-state index is 15.0. The minimum absolute atomic E-state index is 0.0401. The van der Waals surface area contributed by atoms with Crippen LogP contribution in [0.25, 0.3) is 10.9 Å². The molecule has 8 heteroatoms. The molecule has 2 saturated carbocycles. The van der Waals surface area contributed by atoms with Crippen LogP contribution in [0.15, 0.2) is 24.5 Å². The van der Waals surface area contributed by atoms with Crippen molar-refractivity contribution < 1.29 is 14.0 Å². The number of amides is 2. The van der Waals surface area contributed by atoms with E-state index in [4.69, 9.17) is 0 Å². The second kappa shape index (κ2) is 14.1. The van der Waals surface area contributed by atoms with Crippen LogP contribution in [0, 0.1) is 17.3 Å². The zero-order valence-electron chi connectivity index (χ0n) is 25.9. The number of halogens is 1. The zero-order valence-corrected chi connectivity index (χ0v) is 25.9. The Kier molecular flexibility index (Phi) is 10.0. The first-order chi connectivity index (χ1) is 21.0. The van der Waals surface area contributed by atoms with Crippen molar-refractivity contribution in [1.29, 1.82) is 0 Å². The van der Waals surface area contributed by atoms with E-state index in [9.17, 15) is 14.0 Å². The fourth-order valence-electron chi connectivity index (χ4n) is 9.04. The molecule has 0 radical (unpaired) electrons. The number of aromatic nitrogens is 2. The van der Waals surface area contributed by atoms with Gasteiger partial charge in [0.05, 0.1) is 6.04 Å². The Morgan fingerprint density at radius 1 is 0.977 bits per heavy atom. The van der Waals surface area contributed by atoms with Gasteiger partial charge in [-0.15, -0.1) is 0 Å². The van der Waals surface area contributed by atoms with Gasteiger partial charge in [0.15, 0.2) is 0 Å². The molecule has 4 aliphatic rings. The molecular formula is C35H52FN5O2. The number of rotatable bonds is 8. The number of fused-ring (bicyclic) bond motifs is 2. The largest absolute Gasteiger partial charge is 0.351 e. The van der Waals surface area contributed by atoms with Crippen molar-refractivity contribution in [3.63, 3.8) is 0 Å². The van der Waals surface area contributed by atoms with E-state index in [1.54, 1.807) is 12.4 Å². The number of carbonyl (C=O) groups excluding carboxylic acids is 2. The van der Waals surface area contributed by atoms with Crippen LogP contribution < -0.4 is 10.6 Å². The van der Waals surface area contributed by atoms with Crippen LogP contribution >= 0.6 is 0 Å². The van der Waals surface area contributed by atoms with Crippen molar-refractivity contribution in [2.24, 2.45) is 17.3 Å². The molecule has 4 fully saturated rings. The van der Waals surface area contributed by atoms with Crippen LogP contribution in [-0.4, -0.2) is 64.6 Å². The molecule has 0 spiro atoms. The van der Waals surface area contributed by atoms with Crippen molar-refractivity contribution >= 4 is 22.7 Å². The van der Waals surface area contributed by atoms with Crippen LogP contribution in [0.5, 0.6) is 0 Å². The average Bonchev–Trinajstić information content (AvgIpc) is 3.66. The van der Waals surface area contributed by atoms with E-state index in [1.165, 1.54) is 51.4 Å². The van der Waals surface area contributed by atoms with Crippen LogP contribution in [-0.2, 0) is 4.79 Å². The molecule has 2 saturated heterocycles. The Morgan fingerprint density at radius 3 is 2.51 bits per heavy atom. The molecule has 4 heterocycles. The molecule has 6 rings (SSSR count). The summed E-state index contributed by atoms with van der Waals surface area (Å²) in [5.41, 5.74) is 1.46. The summed E-state index contributed by atoms with van der Waals surface area (Å²) in [7, 11) is 0. The van der Waals surface area contributed by atoms with E-state index in [2.05, 4.69) is 25.5 Å². The van der Waals surface area contributed by atoms with Crippen molar-refractivity contribution in [3.8, 4) is 0 Å². The first kappa shape index (κ1) is 30.5. The highest BCUT2D eigenvalue weighted by Gasteiger charge is 2.56. The molecular weight excluding hydrogens is 541 g/mol. The molecule has 43 heavy (non-hydrogen) atoms. The summed E-state index contributed by atoms with van der Waals surface area (Å²) in [6.45, 7) is 2.34. The average molecular weight is 594 g/mol. The summed E-state index contributed by atoms with van der Waals surface area (Å²) in [4.78, 5) is 35.7. The SMILES string of the molecule is O=C(NCCCCC1CCN(C(=O)C2CC3(C4CCCCCCCC4)CC(F)CCC3N2)CC1)c1cc2cnccc2[nH]1. The molecule has 2 aromatic rings. The molecule has 7 nitrogen and oxygen atoms in total. The van der Waals surface area contributed by atoms with Gasteiger partial charge >= 0.3 is 0 Å². The predicted molar refractivity (Wildman–Crippen MR) is 169 cm³/mol. The highest BCUT2D eigenvalue weighted by atomic mass is 19.1. The highest BCUT2D eigenvalue weighted by molar-refractivity contribution is 5.97. The predicted octanol–water partition coefficient (Wildman–Crippen LogP) is 6.69. The molecule has 4 atom stereocenters. The summed E-state index contributed by atoms with van der Waals surface area (Å²) in [6.07, 6.45) is 21.3.